The van der Waals surface area contributed by atoms with E-state index < -0.39 is 0 Å². The number of hydrogen-bond acceptors (Lipinski definition) is 4. The van der Waals surface area contributed by atoms with E-state index in [1.54, 1.807) is 0 Å². The number of para-hydroxylation sites is 1. The van der Waals surface area contributed by atoms with Crippen LogP contribution in [0.1, 0.15) is 13.3 Å². The zero-order valence-corrected chi connectivity index (χ0v) is 13.7. The summed E-state index contributed by atoms with van der Waals surface area (Å²) in [7, 11) is 0. The van der Waals surface area contributed by atoms with Gasteiger partial charge in [0.2, 0.25) is 5.91 Å². The first kappa shape index (κ1) is 18.7. The van der Waals surface area contributed by atoms with Crippen LogP contribution in [0, 0.1) is 5.92 Å². The Morgan fingerprint density at radius 2 is 2.09 bits per heavy atom. The zero-order chi connectivity index (χ0) is 14.9. The van der Waals surface area contributed by atoms with Crippen molar-refractivity contribution in [2.24, 2.45) is 5.92 Å². The van der Waals surface area contributed by atoms with E-state index in [2.05, 4.69) is 17.6 Å². The number of carbonyl (C=O) groups excluding carboxylic acids is 1. The third-order valence-corrected chi connectivity index (χ3v) is 3.65. The number of benzene rings is 1. The average molecular weight is 329 g/mol. The van der Waals surface area contributed by atoms with Crippen LogP contribution in [0.2, 0.25) is 0 Å². The maximum absolute atomic E-state index is 11.8. The Bertz CT molecular complexity index is 431. The van der Waals surface area contributed by atoms with Crippen LogP contribution in [0.5, 0.6) is 5.75 Å². The normalized spacial score (nSPS) is 20.8. The molecule has 2 unspecified atom stereocenters. The highest BCUT2D eigenvalue weighted by molar-refractivity contribution is 5.85. The molecule has 1 aliphatic heterocycles. The molecular weight excluding hydrogens is 304 g/mol. The van der Waals surface area contributed by atoms with Crippen molar-refractivity contribution in [3.63, 3.8) is 0 Å². The van der Waals surface area contributed by atoms with Crippen LogP contribution < -0.4 is 15.4 Å². The number of ether oxygens (including phenoxy) is 2. The van der Waals surface area contributed by atoms with Crippen molar-refractivity contribution in [2.75, 3.05) is 32.9 Å². The Morgan fingerprint density at radius 3 is 2.82 bits per heavy atom. The topological polar surface area (TPSA) is 59.6 Å². The molecule has 1 aromatic carbocycles. The summed E-state index contributed by atoms with van der Waals surface area (Å²) in [6.45, 7) is 4.96. The SMILES string of the molecule is CC1CCNCC1NC(=O)COCCOc1ccccc1.Cl. The predicted octanol–water partition coefficient (Wildman–Crippen LogP) is 1.62. The predicted molar refractivity (Wildman–Crippen MR) is 88.6 cm³/mol. The molecule has 5 nitrogen and oxygen atoms in total. The Kier molecular flexibility index (Phi) is 8.89. The van der Waals surface area contributed by atoms with Gasteiger partial charge in [-0.15, -0.1) is 12.4 Å². The van der Waals surface area contributed by atoms with Crippen LogP contribution in [0.15, 0.2) is 30.3 Å². The number of rotatable bonds is 7. The van der Waals surface area contributed by atoms with Gasteiger partial charge in [0.15, 0.2) is 0 Å². The molecular formula is C16H25ClN2O3. The molecule has 124 valence electrons. The van der Waals surface area contributed by atoms with Crippen LogP contribution >= 0.6 is 12.4 Å². The molecule has 2 atom stereocenters. The van der Waals surface area contributed by atoms with Crippen molar-refractivity contribution in [2.45, 2.75) is 19.4 Å². The fourth-order valence-corrected chi connectivity index (χ4v) is 2.33. The third-order valence-electron chi connectivity index (χ3n) is 3.65. The number of amides is 1. The molecule has 0 radical (unpaired) electrons. The molecule has 0 spiro atoms. The minimum atomic E-state index is -0.0599. The summed E-state index contributed by atoms with van der Waals surface area (Å²) in [6.07, 6.45) is 1.09. The minimum absolute atomic E-state index is 0. The molecule has 1 fully saturated rings. The molecule has 1 heterocycles. The van der Waals surface area contributed by atoms with Gasteiger partial charge in [0.05, 0.1) is 6.61 Å². The van der Waals surface area contributed by atoms with Crippen molar-refractivity contribution < 1.29 is 14.3 Å². The van der Waals surface area contributed by atoms with Gasteiger partial charge in [0.1, 0.15) is 19.0 Å². The summed E-state index contributed by atoms with van der Waals surface area (Å²) < 4.78 is 10.8. The lowest BCUT2D eigenvalue weighted by Gasteiger charge is -2.30. The lowest BCUT2D eigenvalue weighted by Crippen LogP contribution is -2.51. The van der Waals surface area contributed by atoms with Gasteiger partial charge in [-0.05, 0) is 31.0 Å². The molecule has 0 aromatic heterocycles. The van der Waals surface area contributed by atoms with Gasteiger partial charge in [-0.2, -0.15) is 0 Å². The van der Waals surface area contributed by atoms with E-state index in [0.717, 1.165) is 25.3 Å². The summed E-state index contributed by atoms with van der Waals surface area (Å²) in [5.41, 5.74) is 0. The zero-order valence-electron chi connectivity index (χ0n) is 12.9. The molecule has 2 N–H and O–H groups in total. The molecule has 1 amide bonds. The average Bonchev–Trinajstić information content (AvgIpc) is 2.50. The number of nitrogens with one attached hydrogen (secondary N) is 2. The Morgan fingerprint density at radius 1 is 1.32 bits per heavy atom. The summed E-state index contributed by atoms with van der Waals surface area (Å²) >= 11 is 0. The quantitative estimate of drug-likeness (QED) is 0.747. The first-order valence-electron chi connectivity index (χ1n) is 7.51. The number of halogens is 1. The van der Waals surface area contributed by atoms with Gasteiger partial charge in [-0.3, -0.25) is 4.79 Å². The molecule has 1 aliphatic rings. The van der Waals surface area contributed by atoms with Gasteiger partial charge in [-0.25, -0.2) is 0 Å². The van der Waals surface area contributed by atoms with Gasteiger partial charge >= 0.3 is 0 Å². The minimum Gasteiger partial charge on any atom is -0.491 e. The maximum atomic E-state index is 11.8. The van der Waals surface area contributed by atoms with Crippen LogP contribution in [0.3, 0.4) is 0 Å². The monoisotopic (exact) mass is 328 g/mol. The number of carbonyl (C=O) groups is 1. The van der Waals surface area contributed by atoms with E-state index in [-0.39, 0.29) is 31.0 Å². The van der Waals surface area contributed by atoms with E-state index in [0.29, 0.717) is 19.1 Å². The van der Waals surface area contributed by atoms with Crippen molar-refractivity contribution in [3.05, 3.63) is 30.3 Å². The second-order valence-electron chi connectivity index (χ2n) is 5.36. The first-order chi connectivity index (χ1) is 10.3. The number of piperidine rings is 1. The highest BCUT2D eigenvalue weighted by atomic mass is 35.5. The van der Waals surface area contributed by atoms with Gasteiger partial charge in [-0.1, -0.05) is 25.1 Å². The van der Waals surface area contributed by atoms with E-state index in [1.165, 1.54) is 0 Å². The molecule has 0 bridgehead atoms. The fraction of sp³-hybridized carbons (Fsp3) is 0.562. The lowest BCUT2D eigenvalue weighted by atomic mass is 9.95. The summed E-state index contributed by atoms with van der Waals surface area (Å²) in [5, 5.41) is 6.30. The molecule has 1 saturated heterocycles. The lowest BCUT2D eigenvalue weighted by molar-refractivity contribution is -0.127. The number of hydrogen-bond donors (Lipinski definition) is 2. The molecule has 6 heteroatoms. The summed E-state index contributed by atoms with van der Waals surface area (Å²) in [6, 6.07) is 9.77. The van der Waals surface area contributed by atoms with Crippen molar-refractivity contribution >= 4 is 18.3 Å². The highest BCUT2D eigenvalue weighted by Gasteiger charge is 2.22. The van der Waals surface area contributed by atoms with Crippen LogP contribution in [0.25, 0.3) is 0 Å². The Hall–Kier alpha value is -1.30. The van der Waals surface area contributed by atoms with Gasteiger partial charge < -0.3 is 20.1 Å². The van der Waals surface area contributed by atoms with Crippen LogP contribution in [-0.2, 0) is 9.53 Å². The van der Waals surface area contributed by atoms with Crippen LogP contribution in [-0.4, -0.2) is 44.9 Å². The van der Waals surface area contributed by atoms with E-state index in [1.807, 2.05) is 30.3 Å². The second-order valence-corrected chi connectivity index (χ2v) is 5.36. The highest BCUT2D eigenvalue weighted by Crippen LogP contribution is 2.11. The van der Waals surface area contributed by atoms with E-state index >= 15 is 0 Å². The fourth-order valence-electron chi connectivity index (χ4n) is 2.33. The van der Waals surface area contributed by atoms with Gasteiger partial charge in [0.25, 0.3) is 0 Å². The first-order valence-corrected chi connectivity index (χ1v) is 7.51. The smallest absolute Gasteiger partial charge is 0.246 e. The largest absolute Gasteiger partial charge is 0.491 e. The van der Waals surface area contributed by atoms with Crippen molar-refractivity contribution in [3.8, 4) is 5.75 Å². The summed E-state index contributed by atoms with van der Waals surface area (Å²) in [4.78, 5) is 11.8. The third kappa shape index (κ3) is 6.64. The Balaban J connectivity index is 0.00000242. The van der Waals surface area contributed by atoms with E-state index in [4.69, 9.17) is 9.47 Å². The molecule has 1 aromatic rings. The molecule has 0 saturated carbocycles. The molecule has 0 aliphatic carbocycles. The van der Waals surface area contributed by atoms with Gasteiger partial charge in [0, 0.05) is 12.6 Å². The molecule has 2 rings (SSSR count). The standard InChI is InChI=1S/C16H24N2O3.ClH/c1-13-7-8-17-11-15(13)18-16(19)12-20-9-10-21-14-5-3-2-4-6-14;/h2-6,13,15,17H,7-12H2,1H3,(H,18,19);1H. The van der Waals surface area contributed by atoms with E-state index in [9.17, 15) is 4.79 Å². The van der Waals surface area contributed by atoms with Crippen molar-refractivity contribution in [1.82, 2.24) is 10.6 Å². The Labute approximate surface area is 138 Å². The molecule has 22 heavy (non-hydrogen) atoms. The summed E-state index contributed by atoms with van der Waals surface area (Å²) in [5.74, 6) is 1.26. The second kappa shape index (κ2) is 10.4. The maximum Gasteiger partial charge on any atom is 0.246 e. The van der Waals surface area contributed by atoms with Crippen LogP contribution in [0.4, 0.5) is 0 Å². The van der Waals surface area contributed by atoms with Crippen molar-refractivity contribution in [1.29, 1.82) is 0 Å².